The molecular formula is C14H13FN2OS. The molecule has 98 valence electrons. The Morgan fingerprint density at radius 3 is 2.84 bits per heavy atom. The van der Waals surface area contributed by atoms with Gasteiger partial charge in [0.25, 0.3) is 0 Å². The van der Waals surface area contributed by atoms with E-state index in [2.05, 4.69) is 4.98 Å². The van der Waals surface area contributed by atoms with Crippen LogP contribution in [0.4, 0.5) is 4.39 Å². The summed E-state index contributed by atoms with van der Waals surface area (Å²) in [5.74, 6) is -0.498. The van der Waals surface area contributed by atoms with Gasteiger partial charge in [0.1, 0.15) is 5.82 Å². The summed E-state index contributed by atoms with van der Waals surface area (Å²) in [6, 6.07) is 5.50. The third-order valence-electron chi connectivity index (χ3n) is 2.54. The van der Waals surface area contributed by atoms with Crippen LogP contribution in [0.15, 0.2) is 53.3 Å². The van der Waals surface area contributed by atoms with E-state index >= 15 is 0 Å². The number of hydrogen-bond donors (Lipinski definition) is 0. The summed E-state index contributed by atoms with van der Waals surface area (Å²) < 4.78 is 14.7. The van der Waals surface area contributed by atoms with E-state index in [-0.39, 0.29) is 11.6 Å². The molecule has 0 amide bonds. The Balaban J connectivity index is 1.99. The predicted octanol–water partition coefficient (Wildman–Crippen LogP) is 3.53. The number of nitrogens with zero attached hydrogens (tertiary/aromatic N) is 2. The molecule has 0 spiro atoms. The predicted molar refractivity (Wildman–Crippen MR) is 73.6 cm³/mol. The zero-order chi connectivity index (χ0) is 13.7. The monoisotopic (exact) mass is 276 g/mol. The average Bonchev–Trinajstić information content (AvgIpc) is 2.87. The highest BCUT2D eigenvalue weighted by Crippen LogP contribution is 2.17. The van der Waals surface area contributed by atoms with Gasteiger partial charge in [0.05, 0.1) is 0 Å². The highest BCUT2D eigenvalue weighted by molar-refractivity contribution is 8.02. The molecule has 1 aromatic carbocycles. The number of ketones is 1. The van der Waals surface area contributed by atoms with Crippen LogP contribution in [-0.4, -0.2) is 15.3 Å². The molecule has 0 bridgehead atoms. The van der Waals surface area contributed by atoms with Crippen molar-refractivity contribution in [3.63, 3.8) is 0 Å². The van der Waals surface area contributed by atoms with Crippen molar-refractivity contribution in [2.24, 2.45) is 0 Å². The van der Waals surface area contributed by atoms with Gasteiger partial charge in [0, 0.05) is 24.5 Å². The molecule has 0 N–H and O–H groups in total. The lowest BCUT2D eigenvalue weighted by Crippen LogP contribution is -1.95. The van der Waals surface area contributed by atoms with Crippen LogP contribution in [0, 0.1) is 5.82 Å². The Hall–Kier alpha value is -1.88. The highest BCUT2D eigenvalue weighted by atomic mass is 32.2. The molecule has 0 saturated carbocycles. The molecule has 0 aliphatic heterocycles. The summed E-state index contributed by atoms with van der Waals surface area (Å²) in [6.07, 6.45) is 5.08. The Bertz CT molecular complexity index is 590. The Morgan fingerprint density at radius 2 is 2.16 bits per heavy atom. The Kier molecular flexibility index (Phi) is 4.52. The average molecular weight is 276 g/mol. The molecule has 2 aromatic rings. The lowest BCUT2D eigenvalue weighted by molar-refractivity contribution is 0.104. The van der Waals surface area contributed by atoms with E-state index in [1.165, 1.54) is 42.1 Å². The van der Waals surface area contributed by atoms with E-state index in [9.17, 15) is 9.18 Å². The van der Waals surface area contributed by atoms with Crippen LogP contribution in [0.1, 0.15) is 17.3 Å². The maximum absolute atomic E-state index is 12.7. The van der Waals surface area contributed by atoms with Crippen molar-refractivity contribution >= 4 is 17.5 Å². The second kappa shape index (κ2) is 6.33. The van der Waals surface area contributed by atoms with Crippen LogP contribution in [0.3, 0.4) is 0 Å². The maximum Gasteiger partial charge on any atom is 0.186 e. The van der Waals surface area contributed by atoms with Gasteiger partial charge in [-0.3, -0.25) is 4.79 Å². The van der Waals surface area contributed by atoms with Crippen molar-refractivity contribution < 1.29 is 9.18 Å². The molecule has 0 fully saturated rings. The van der Waals surface area contributed by atoms with E-state index in [0.717, 1.165) is 11.7 Å². The van der Waals surface area contributed by atoms with E-state index in [0.29, 0.717) is 5.56 Å². The summed E-state index contributed by atoms with van der Waals surface area (Å²) in [7, 11) is 0. The van der Waals surface area contributed by atoms with Crippen LogP contribution in [0.5, 0.6) is 0 Å². The molecule has 0 atom stereocenters. The maximum atomic E-state index is 12.7. The van der Waals surface area contributed by atoms with Gasteiger partial charge >= 0.3 is 0 Å². The standard InChI is InChI=1S/C14H13FN2OS/c1-2-17-9-8-16-14(17)19-10-7-13(18)11-3-5-12(15)6-4-11/h3-10H,2H2,1H3/b10-7+. The summed E-state index contributed by atoms with van der Waals surface area (Å²) in [5.41, 5.74) is 0.470. The number of benzene rings is 1. The number of imidazole rings is 1. The molecule has 0 radical (unpaired) electrons. The van der Waals surface area contributed by atoms with E-state index < -0.39 is 0 Å². The number of thioether (sulfide) groups is 1. The molecule has 5 heteroatoms. The van der Waals surface area contributed by atoms with Crippen molar-refractivity contribution in [2.75, 3.05) is 0 Å². The number of aryl methyl sites for hydroxylation is 1. The Labute approximate surface area is 115 Å². The van der Waals surface area contributed by atoms with Gasteiger partial charge < -0.3 is 4.57 Å². The molecule has 1 heterocycles. The first kappa shape index (κ1) is 13.5. The SMILES string of the molecule is CCn1ccnc1S/C=C/C(=O)c1ccc(F)cc1. The van der Waals surface area contributed by atoms with Crippen LogP contribution >= 0.6 is 11.8 Å². The second-order valence-electron chi connectivity index (χ2n) is 3.79. The molecule has 0 aliphatic carbocycles. The minimum Gasteiger partial charge on any atom is -0.326 e. The minimum absolute atomic E-state index is 0.151. The number of carbonyl (C=O) groups is 1. The van der Waals surface area contributed by atoms with E-state index in [4.69, 9.17) is 0 Å². The largest absolute Gasteiger partial charge is 0.326 e. The molecule has 1 aromatic heterocycles. The van der Waals surface area contributed by atoms with Crippen LogP contribution in [0.2, 0.25) is 0 Å². The highest BCUT2D eigenvalue weighted by Gasteiger charge is 2.03. The lowest BCUT2D eigenvalue weighted by atomic mass is 10.1. The molecule has 0 aliphatic rings. The third kappa shape index (κ3) is 3.54. The van der Waals surface area contributed by atoms with Gasteiger partial charge in [-0.05, 0) is 42.7 Å². The summed E-state index contributed by atoms with van der Waals surface area (Å²) in [4.78, 5) is 16.0. The summed E-state index contributed by atoms with van der Waals surface area (Å²) >= 11 is 1.38. The minimum atomic E-state index is -0.347. The quantitative estimate of drug-likeness (QED) is 0.476. The van der Waals surface area contributed by atoms with Gasteiger partial charge in [0.15, 0.2) is 10.9 Å². The first-order chi connectivity index (χ1) is 9.20. The third-order valence-corrected chi connectivity index (χ3v) is 3.36. The number of hydrogen-bond acceptors (Lipinski definition) is 3. The fourth-order valence-electron chi connectivity index (χ4n) is 1.52. The molecule has 3 nitrogen and oxygen atoms in total. The summed E-state index contributed by atoms with van der Waals surface area (Å²) in [6.45, 7) is 2.86. The zero-order valence-electron chi connectivity index (χ0n) is 10.4. The van der Waals surface area contributed by atoms with Crippen molar-refractivity contribution in [3.05, 3.63) is 59.5 Å². The van der Waals surface area contributed by atoms with Crippen LogP contribution in [-0.2, 0) is 6.54 Å². The Morgan fingerprint density at radius 1 is 1.42 bits per heavy atom. The number of halogens is 1. The van der Waals surface area contributed by atoms with Crippen molar-refractivity contribution in [1.82, 2.24) is 9.55 Å². The summed E-state index contributed by atoms with van der Waals surface area (Å²) in [5, 5.41) is 2.53. The van der Waals surface area contributed by atoms with Gasteiger partial charge in [-0.2, -0.15) is 0 Å². The molecular weight excluding hydrogens is 263 g/mol. The molecule has 0 saturated heterocycles. The number of aromatic nitrogens is 2. The fourth-order valence-corrected chi connectivity index (χ4v) is 2.28. The first-order valence-corrected chi connectivity index (χ1v) is 6.73. The van der Waals surface area contributed by atoms with Crippen LogP contribution in [0.25, 0.3) is 0 Å². The molecule has 19 heavy (non-hydrogen) atoms. The normalized spacial score (nSPS) is 11.1. The number of carbonyl (C=O) groups excluding carboxylic acids is 1. The smallest absolute Gasteiger partial charge is 0.186 e. The second-order valence-corrected chi connectivity index (χ2v) is 4.66. The van der Waals surface area contributed by atoms with Crippen molar-refractivity contribution in [1.29, 1.82) is 0 Å². The van der Waals surface area contributed by atoms with Gasteiger partial charge in [-0.25, -0.2) is 9.37 Å². The van der Waals surface area contributed by atoms with E-state index in [1.807, 2.05) is 17.7 Å². The molecule has 2 rings (SSSR count). The van der Waals surface area contributed by atoms with E-state index in [1.54, 1.807) is 11.6 Å². The topological polar surface area (TPSA) is 34.9 Å². The van der Waals surface area contributed by atoms with Gasteiger partial charge in [-0.15, -0.1) is 0 Å². The lowest BCUT2D eigenvalue weighted by Gasteiger charge is -2.00. The van der Waals surface area contributed by atoms with Gasteiger partial charge in [0.2, 0.25) is 0 Å². The molecule has 0 unspecified atom stereocenters. The van der Waals surface area contributed by atoms with Gasteiger partial charge in [-0.1, -0.05) is 11.8 Å². The van der Waals surface area contributed by atoms with Crippen molar-refractivity contribution in [2.45, 2.75) is 18.6 Å². The fraction of sp³-hybridized carbons (Fsp3) is 0.143. The first-order valence-electron chi connectivity index (χ1n) is 5.85. The van der Waals surface area contributed by atoms with Crippen LogP contribution < -0.4 is 0 Å². The van der Waals surface area contributed by atoms with Crippen molar-refractivity contribution in [3.8, 4) is 0 Å². The number of rotatable bonds is 5. The zero-order valence-corrected chi connectivity index (χ0v) is 11.2. The number of allylic oxidation sites excluding steroid dienone is 1.